The number of carbonyl (C=O) groups is 2. The van der Waals surface area contributed by atoms with Crippen molar-refractivity contribution in [3.63, 3.8) is 0 Å². The third-order valence-corrected chi connectivity index (χ3v) is 3.42. The molecule has 1 aliphatic rings. The Labute approximate surface area is 115 Å². The minimum absolute atomic E-state index is 0.125. The maximum Gasteiger partial charge on any atom is 0.389 e. The van der Waals surface area contributed by atoms with E-state index in [4.69, 9.17) is 0 Å². The third kappa shape index (κ3) is 2.80. The molecule has 0 fully saturated rings. The van der Waals surface area contributed by atoms with Gasteiger partial charge in [-0.25, -0.2) is 0 Å². The Morgan fingerprint density at radius 3 is 2.53 bits per heavy atom. The number of fused-ring (bicyclic) bond motifs is 1. The minimum atomic E-state index is -4.26. The molecule has 0 spiro atoms. The molecule has 0 N–H and O–H groups in total. The van der Waals surface area contributed by atoms with E-state index < -0.39 is 24.3 Å². The molecule has 1 aromatic carbocycles. The molecule has 7 heteroatoms. The fourth-order valence-corrected chi connectivity index (χ4v) is 2.54. The zero-order valence-electron chi connectivity index (χ0n) is 9.63. The van der Waals surface area contributed by atoms with E-state index in [9.17, 15) is 22.8 Å². The number of rotatable bonds is 3. The highest BCUT2D eigenvalue weighted by atomic mass is 79.9. The summed E-state index contributed by atoms with van der Waals surface area (Å²) in [4.78, 5) is 24.5. The van der Waals surface area contributed by atoms with Crippen LogP contribution in [-0.4, -0.2) is 24.4 Å². The quantitative estimate of drug-likeness (QED) is 0.794. The molecule has 0 atom stereocenters. The first-order chi connectivity index (χ1) is 8.81. The Kier molecular flexibility index (Phi) is 3.66. The number of para-hydroxylation sites is 1. The summed E-state index contributed by atoms with van der Waals surface area (Å²) in [6, 6.07) is 4.73. The molecule has 0 bridgehead atoms. The fraction of sp³-hybridized carbons (Fsp3) is 0.333. The van der Waals surface area contributed by atoms with Gasteiger partial charge in [-0.3, -0.25) is 9.59 Å². The predicted octanol–water partition coefficient (Wildman–Crippen LogP) is 3.32. The maximum atomic E-state index is 12.1. The molecular formula is C12H9BrF3NO2. The van der Waals surface area contributed by atoms with Crippen molar-refractivity contribution in [3.05, 3.63) is 28.2 Å². The Hall–Kier alpha value is -1.37. The molecule has 0 radical (unpaired) electrons. The molecule has 0 saturated carbocycles. The number of hydrogen-bond donors (Lipinski definition) is 0. The molecular weight excluding hydrogens is 327 g/mol. The van der Waals surface area contributed by atoms with Crippen LogP contribution in [-0.2, 0) is 4.79 Å². The second kappa shape index (κ2) is 4.96. The Morgan fingerprint density at radius 1 is 1.21 bits per heavy atom. The lowest BCUT2D eigenvalue weighted by Crippen LogP contribution is -2.31. The molecule has 1 heterocycles. The van der Waals surface area contributed by atoms with Crippen LogP contribution in [0.3, 0.4) is 0 Å². The van der Waals surface area contributed by atoms with Crippen LogP contribution in [0.4, 0.5) is 18.9 Å². The number of carbonyl (C=O) groups excluding carboxylic acids is 2. The van der Waals surface area contributed by atoms with Gasteiger partial charge in [-0.15, -0.1) is 0 Å². The Bertz CT molecular complexity index is 542. The van der Waals surface area contributed by atoms with Crippen molar-refractivity contribution in [1.29, 1.82) is 0 Å². The zero-order valence-corrected chi connectivity index (χ0v) is 11.2. The maximum absolute atomic E-state index is 12.1. The summed E-state index contributed by atoms with van der Waals surface area (Å²) in [5, 5.41) is 0. The van der Waals surface area contributed by atoms with Gasteiger partial charge in [0.25, 0.3) is 11.7 Å². The number of ketones is 1. The van der Waals surface area contributed by atoms with Gasteiger partial charge in [0.1, 0.15) is 0 Å². The number of amides is 1. The molecule has 1 aliphatic heterocycles. The molecule has 19 heavy (non-hydrogen) atoms. The fourth-order valence-electron chi connectivity index (χ4n) is 1.96. The lowest BCUT2D eigenvalue weighted by atomic mass is 10.1. The number of Topliss-reactive ketones (excluding diaryl/α,β-unsaturated/α-hetero) is 1. The number of anilines is 1. The van der Waals surface area contributed by atoms with Gasteiger partial charge in [0, 0.05) is 17.4 Å². The average molecular weight is 336 g/mol. The summed E-state index contributed by atoms with van der Waals surface area (Å²) in [6.07, 6.45) is -5.47. The molecule has 0 saturated heterocycles. The number of benzene rings is 1. The van der Waals surface area contributed by atoms with Crippen LogP contribution in [0, 0.1) is 0 Å². The van der Waals surface area contributed by atoms with E-state index in [-0.39, 0.29) is 18.5 Å². The number of halogens is 4. The molecule has 3 nitrogen and oxygen atoms in total. The van der Waals surface area contributed by atoms with E-state index >= 15 is 0 Å². The summed E-state index contributed by atoms with van der Waals surface area (Å²) >= 11 is 3.21. The van der Waals surface area contributed by atoms with Crippen LogP contribution < -0.4 is 4.90 Å². The van der Waals surface area contributed by atoms with Crippen molar-refractivity contribution in [2.45, 2.75) is 19.0 Å². The van der Waals surface area contributed by atoms with Crippen molar-refractivity contribution < 1.29 is 22.8 Å². The highest BCUT2D eigenvalue weighted by molar-refractivity contribution is 9.10. The smallest absolute Gasteiger partial charge is 0.304 e. The highest BCUT2D eigenvalue weighted by Crippen LogP contribution is 2.36. The normalized spacial score (nSPS) is 15.1. The summed E-state index contributed by atoms with van der Waals surface area (Å²) in [6.45, 7) is -0.125. The van der Waals surface area contributed by atoms with E-state index in [1.165, 1.54) is 6.07 Å². The van der Waals surface area contributed by atoms with Crippen molar-refractivity contribution in [3.8, 4) is 0 Å². The molecule has 2 rings (SSSR count). The number of nitrogens with zero attached hydrogens (tertiary/aromatic N) is 1. The Balaban J connectivity index is 2.19. The third-order valence-electron chi connectivity index (χ3n) is 2.78. The van der Waals surface area contributed by atoms with Gasteiger partial charge >= 0.3 is 6.18 Å². The van der Waals surface area contributed by atoms with Crippen LogP contribution in [0.5, 0.6) is 0 Å². The summed E-state index contributed by atoms with van der Waals surface area (Å²) in [7, 11) is 0. The van der Waals surface area contributed by atoms with Gasteiger partial charge in [0.15, 0.2) is 0 Å². The van der Waals surface area contributed by atoms with Gasteiger partial charge in [-0.05, 0) is 34.5 Å². The first-order valence-corrected chi connectivity index (χ1v) is 6.32. The minimum Gasteiger partial charge on any atom is -0.304 e. The van der Waals surface area contributed by atoms with Crippen LogP contribution in [0.1, 0.15) is 23.2 Å². The number of alkyl halides is 3. The van der Waals surface area contributed by atoms with Crippen molar-refractivity contribution in [2.75, 3.05) is 11.4 Å². The van der Waals surface area contributed by atoms with E-state index in [2.05, 4.69) is 15.9 Å². The van der Waals surface area contributed by atoms with E-state index in [1.807, 2.05) is 0 Å². The van der Waals surface area contributed by atoms with Crippen LogP contribution in [0.25, 0.3) is 0 Å². The van der Waals surface area contributed by atoms with E-state index in [1.54, 1.807) is 12.1 Å². The van der Waals surface area contributed by atoms with Gasteiger partial charge < -0.3 is 4.90 Å². The molecule has 102 valence electrons. The van der Waals surface area contributed by atoms with Gasteiger partial charge in [0.05, 0.1) is 11.3 Å². The standard InChI is InChI=1S/C12H9BrF3NO2/c13-8-4-1-3-7-9(8)17(11(19)10(7)18)6-2-5-12(14,15)16/h1,3-4H,2,5-6H2. The molecule has 0 aromatic heterocycles. The van der Waals surface area contributed by atoms with Gasteiger partial charge in [-0.2, -0.15) is 13.2 Å². The molecule has 0 aliphatic carbocycles. The van der Waals surface area contributed by atoms with Crippen LogP contribution in [0.2, 0.25) is 0 Å². The monoisotopic (exact) mass is 335 g/mol. The second-order valence-corrected chi connectivity index (χ2v) is 4.99. The first kappa shape index (κ1) is 14.0. The van der Waals surface area contributed by atoms with Gasteiger partial charge in [-0.1, -0.05) is 6.07 Å². The van der Waals surface area contributed by atoms with Crippen LogP contribution >= 0.6 is 15.9 Å². The van der Waals surface area contributed by atoms with Gasteiger partial charge in [0.2, 0.25) is 0 Å². The summed E-state index contributed by atoms with van der Waals surface area (Å²) in [5.41, 5.74) is 0.589. The molecule has 0 unspecified atom stereocenters. The van der Waals surface area contributed by atoms with Crippen molar-refractivity contribution in [2.24, 2.45) is 0 Å². The molecule has 1 amide bonds. The predicted molar refractivity (Wildman–Crippen MR) is 66.1 cm³/mol. The largest absolute Gasteiger partial charge is 0.389 e. The summed E-state index contributed by atoms with van der Waals surface area (Å²) < 4.78 is 36.8. The first-order valence-electron chi connectivity index (χ1n) is 5.53. The van der Waals surface area contributed by atoms with E-state index in [0.29, 0.717) is 10.2 Å². The highest BCUT2D eigenvalue weighted by Gasteiger charge is 2.37. The SMILES string of the molecule is O=C1C(=O)N(CCCC(F)(F)F)c2c(Br)cccc21. The number of hydrogen-bond acceptors (Lipinski definition) is 2. The lowest BCUT2D eigenvalue weighted by Gasteiger charge is -2.18. The van der Waals surface area contributed by atoms with Crippen molar-refractivity contribution in [1.82, 2.24) is 0 Å². The second-order valence-electron chi connectivity index (χ2n) is 4.14. The van der Waals surface area contributed by atoms with E-state index in [0.717, 1.165) is 4.90 Å². The zero-order chi connectivity index (χ0) is 14.2. The average Bonchev–Trinajstić information content (AvgIpc) is 2.54. The summed E-state index contributed by atoms with van der Waals surface area (Å²) in [5.74, 6) is -1.45. The molecule has 1 aromatic rings. The van der Waals surface area contributed by atoms with Crippen molar-refractivity contribution >= 4 is 33.3 Å². The Morgan fingerprint density at radius 2 is 1.89 bits per heavy atom. The van der Waals surface area contributed by atoms with Crippen LogP contribution in [0.15, 0.2) is 22.7 Å². The topological polar surface area (TPSA) is 37.4 Å². The lowest BCUT2D eigenvalue weighted by molar-refractivity contribution is -0.135.